The first kappa shape index (κ1) is 14.4. The molecule has 0 saturated carbocycles. The minimum atomic E-state index is 0.428. The van der Waals surface area contributed by atoms with E-state index in [1.165, 1.54) is 23.5 Å². The normalized spacial score (nSPS) is 24.8. The van der Waals surface area contributed by atoms with Crippen LogP contribution in [-0.2, 0) is 0 Å². The summed E-state index contributed by atoms with van der Waals surface area (Å²) in [5.74, 6) is 2.53. The molecule has 0 aromatic heterocycles. The van der Waals surface area contributed by atoms with Crippen molar-refractivity contribution < 1.29 is 0 Å². The fourth-order valence-corrected chi connectivity index (χ4v) is 4.12. The molecule has 2 rings (SSSR count). The van der Waals surface area contributed by atoms with E-state index in [9.17, 15) is 0 Å². The molecule has 1 saturated heterocycles. The lowest BCUT2D eigenvalue weighted by Gasteiger charge is -2.36. The summed E-state index contributed by atoms with van der Waals surface area (Å²) in [5.41, 5.74) is 1.84. The van der Waals surface area contributed by atoms with Crippen LogP contribution in [0.1, 0.15) is 38.8 Å². The second kappa shape index (κ2) is 5.98. The highest BCUT2D eigenvalue weighted by atomic mass is 79.9. The molecule has 2 atom stereocenters. The molecule has 1 N–H and O–H groups in total. The topological polar surface area (TPSA) is 12.0 Å². The molecule has 3 heteroatoms. The van der Waals surface area contributed by atoms with Crippen LogP contribution in [0.5, 0.6) is 0 Å². The summed E-state index contributed by atoms with van der Waals surface area (Å²) < 4.78 is 1.15. The van der Waals surface area contributed by atoms with Crippen LogP contribution in [0.3, 0.4) is 0 Å². The summed E-state index contributed by atoms with van der Waals surface area (Å²) in [6.45, 7) is 7.01. The van der Waals surface area contributed by atoms with Crippen LogP contribution >= 0.6 is 27.7 Å². The highest BCUT2D eigenvalue weighted by molar-refractivity contribution is 9.10. The Morgan fingerprint density at radius 3 is 2.61 bits per heavy atom. The Labute approximate surface area is 123 Å². The number of hydrogen-bond donors (Lipinski definition) is 1. The van der Waals surface area contributed by atoms with Crippen molar-refractivity contribution in [2.24, 2.45) is 5.41 Å². The fraction of sp³-hybridized carbons (Fsp3) is 0.600. The van der Waals surface area contributed by atoms with Crippen LogP contribution in [0, 0.1) is 5.41 Å². The average molecular weight is 328 g/mol. The van der Waals surface area contributed by atoms with Crippen molar-refractivity contribution in [3.63, 3.8) is 0 Å². The van der Waals surface area contributed by atoms with Gasteiger partial charge in [0, 0.05) is 22.3 Å². The van der Waals surface area contributed by atoms with E-state index in [0.29, 0.717) is 17.5 Å². The molecule has 0 bridgehead atoms. The van der Waals surface area contributed by atoms with Crippen molar-refractivity contribution in [2.45, 2.75) is 39.3 Å². The fourth-order valence-electron chi connectivity index (χ4n) is 2.57. The van der Waals surface area contributed by atoms with Gasteiger partial charge in [-0.1, -0.05) is 41.9 Å². The Bertz CT molecular complexity index is 388. The number of halogens is 1. The third kappa shape index (κ3) is 4.01. The molecule has 100 valence electrons. The van der Waals surface area contributed by atoms with Gasteiger partial charge in [-0.25, -0.2) is 0 Å². The molecule has 1 nitrogen and oxygen atoms in total. The van der Waals surface area contributed by atoms with Crippen molar-refractivity contribution >= 4 is 27.7 Å². The van der Waals surface area contributed by atoms with E-state index in [-0.39, 0.29) is 0 Å². The second-order valence-corrected chi connectivity index (χ2v) is 7.97. The summed E-state index contributed by atoms with van der Waals surface area (Å²) in [4.78, 5) is 0. The molecule has 1 heterocycles. The Morgan fingerprint density at radius 2 is 2.00 bits per heavy atom. The molecule has 1 aliphatic heterocycles. The Kier molecular flexibility index (Phi) is 4.79. The number of thioether (sulfide) groups is 1. The summed E-state index contributed by atoms with van der Waals surface area (Å²) >= 11 is 5.56. The zero-order valence-corrected chi connectivity index (χ0v) is 13.8. The lowest BCUT2D eigenvalue weighted by Crippen LogP contribution is -2.41. The highest BCUT2D eigenvalue weighted by Gasteiger charge is 2.29. The van der Waals surface area contributed by atoms with E-state index < -0.39 is 0 Å². The van der Waals surface area contributed by atoms with Gasteiger partial charge in [0.1, 0.15) is 0 Å². The van der Waals surface area contributed by atoms with E-state index in [1.54, 1.807) is 0 Å². The van der Waals surface area contributed by atoms with E-state index in [0.717, 1.165) is 4.47 Å². The van der Waals surface area contributed by atoms with E-state index in [2.05, 4.69) is 78.0 Å². The van der Waals surface area contributed by atoms with Crippen LogP contribution in [-0.4, -0.2) is 17.5 Å². The molecule has 0 radical (unpaired) electrons. The lowest BCUT2D eigenvalue weighted by molar-refractivity contribution is 0.305. The predicted molar refractivity (Wildman–Crippen MR) is 85.2 cm³/mol. The standard InChI is InChI=1S/C15H22BrNS/c1-11(12-4-6-13(16)7-5-12)17-14-8-15(2,3)10-18-9-14/h4-7,11,14,17H,8-10H2,1-3H3. The largest absolute Gasteiger partial charge is 0.307 e. The van der Waals surface area contributed by atoms with E-state index >= 15 is 0 Å². The van der Waals surface area contributed by atoms with Gasteiger partial charge in [-0.05, 0) is 42.2 Å². The average Bonchev–Trinajstić information content (AvgIpc) is 2.28. The van der Waals surface area contributed by atoms with Gasteiger partial charge in [0.05, 0.1) is 0 Å². The molecule has 0 aliphatic carbocycles. The quantitative estimate of drug-likeness (QED) is 0.868. The molecule has 0 amide bonds. The summed E-state index contributed by atoms with van der Waals surface area (Å²) in [7, 11) is 0. The maximum atomic E-state index is 3.77. The van der Waals surface area contributed by atoms with Crippen molar-refractivity contribution in [1.29, 1.82) is 0 Å². The molecule has 1 aromatic rings. The zero-order valence-electron chi connectivity index (χ0n) is 11.4. The molecule has 1 aromatic carbocycles. The minimum Gasteiger partial charge on any atom is -0.307 e. The van der Waals surface area contributed by atoms with E-state index in [4.69, 9.17) is 0 Å². The van der Waals surface area contributed by atoms with Gasteiger partial charge >= 0.3 is 0 Å². The van der Waals surface area contributed by atoms with Gasteiger partial charge < -0.3 is 5.32 Å². The smallest absolute Gasteiger partial charge is 0.0294 e. The van der Waals surface area contributed by atoms with Crippen LogP contribution < -0.4 is 5.32 Å². The third-order valence-corrected chi connectivity index (χ3v) is 5.62. The first-order valence-electron chi connectivity index (χ1n) is 6.55. The Morgan fingerprint density at radius 1 is 1.33 bits per heavy atom. The maximum Gasteiger partial charge on any atom is 0.0294 e. The highest BCUT2D eigenvalue weighted by Crippen LogP contribution is 2.34. The van der Waals surface area contributed by atoms with Gasteiger partial charge in [0.15, 0.2) is 0 Å². The maximum absolute atomic E-state index is 3.77. The van der Waals surface area contributed by atoms with Gasteiger partial charge in [-0.2, -0.15) is 11.8 Å². The van der Waals surface area contributed by atoms with Gasteiger partial charge in [0.25, 0.3) is 0 Å². The predicted octanol–water partition coefficient (Wildman–Crippen LogP) is 4.63. The number of hydrogen-bond acceptors (Lipinski definition) is 2. The Balaban J connectivity index is 1.94. The van der Waals surface area contributed by atoms with Crippen molar-refractivity contribution in [2.75, 3.05) is 11.5 Å². The van der Waals surface area contributed by atoms with Crippen LogP contribution in [0.4, 0.5) is 0 Å². The van der Waals surface area contributed by atoms with Crippen LogP contribution in [0.15, 0.2) is 28.7 Å². The van der Waals surface area contributed by atoms with Crippen LogP contribution in [0.2, 0.25) is 0 Å². The molecule has 2 unspecified atom stereocenters. The summed E-state index contributed by atoms with van der Waals surface area (Å²) in [6, 6.07) is 9.70. The zero-order chi connectivity index (χ0) is 13.2. The molecule has 18 heavy (non-hydrogen) atoms. The number of benzene rings is 1. The first-order chi connectivity index (χ1) is 8.46. The Hall–Kier alpha value is 0.01000. The van der Waals surface area contributed by atoms with E-state index in [1.807, 2.05) is 0 Å². The second-order valence-electron chi connectivity index (χ2n) is 6.02. The molecular weight excluding hydrogens is 306 g/mol. The van der Waals surface area contributed by atoms with Gasteiger partial charge in [-0.15, -0.1) is 0 Å². The monoisotopic (exact) mass is 327 g/mol. The number of rotatable bonds is 3. The van der Waals surface area contributed by atoms with Gasteiger partial charge in [-0.3, -0.25) is 0 Å². The molecule has 1 fully saturated rings. The molecule has 1 aliphatic rings. The van der Waals surface area contributed by atoms with Crippen molar-refractivity contribution in [1.82, 2.24) is 5.32 Å². The summed E-state index contributed by atoms with van der Waals surface area (Å²) in [6.07, 6.45) is 1.28. The van der Waals surface area contributed by atoms with Crippen molar-refractivity contribution in [3.8, 4) is 0 Å². The third-order valence-electron chi connectivity index (χ3n) is 3.47. The molecule has 0 spiro atoms. The summed E-state index contributed by atoms with van der Waals surface area (Å²) in [5, 5.41) is 3.77. The van der Waals surface area contributed by atoms with Gasteiger partial charge in [0.2, 0.25) is 0 Å². The first-order valence-corrected chi connectivity index (χ1v) is 8.50. The lowest BCUT2D eigenvalue weighted by atomic mass is 9.87. The number of nitrogens with one attached hydrogen (secondary N) is 1. The van der Waals surface area contributed by atoms with Crippen molar-refractivity contribution in [3.05, 3.63) is 34.3 Å². The SMILES string of the molecule is CC(NC1CSCC(C)(C)C1)c1ccc(Br)cc1. The molecular formula is C15H22BrNS. The van der Waals surface area contributed by atoms with Crippen LogP contribution in [0.25, 0.3) is 0 Å². The minimum absolute atomic E-state index is 0.428.